The molecule has 2 aromatic rings. The average Bonchev–Trinajstić information content (AvgIpc) is 2.94. The largest absolute Gasteiger partial charge is 0.494 e. The number of fused-ring (bicyclic) bond motifs is 1. The summed E-state index contributed by atoms with van der Waals surface area (Å²) in [6, 6.07) is 11.2. The lowest BCUT2D eigenvalue weighted by atomic mass is 10.00. The number of ether oxygens (including phenoxy) is 1. The molecule has 0 heterocycles. The third kappa shape index (κ3) is 2.40. The van der Waals surface area contributed by atoms with Gasteiger partial charge in [-0.3, -0.25) is 0 Å². The van der Waals surface area contributed by atoms with Gasteiger partial charge in [-0.2, -0.15) is 0 Å². The Morgan fingerprint density at radius 2 is 1.75 bits per heavy atom. The van der Waals surface area contributed by atoms with Crippen molar-refractivity contribution >= 4 is 11.6 Å². The molecule has 0 radical (unpaired) electrons. The summed E-state index contributed by atoms with van der Waals surface area (Å²) >= 11 is 6.54. The molecule has 0 bridgehead atoms. The Labute approximate surface area is 123 Å². The van der Waals surface area contributed by atoms with E-state index in [1.807, 2.05) is 0 Å². The minimum Gasteiger partial charge on any atom is -0.494 e. The average molecular weight is 291 g/mol. The zero-order valence-electron chi connectivity index (χ0n) is 11.3. The van der Waals surface area contributed by atoms with Crippen LogP contribution >= 0.6 is 11.6 Å². The number of alkyl halides is 1. The van der Waals surface area contributed by atoms with Crippen LogP contribution in [0.25, 0.3) is 0 Å². The first-order valence-corrected chi connectivity index (χ1v) is 7.22. The number of hydrogen-bond acceptors (Lipinski definition) is 1. The number of methoxy groups -OCH3 is 1. The van der Waals surface area contributed by atoms with Crippen molar-refractivity contribution in [3.05, 3.63) is 64.5 Å². The smallest absolute Gasteiger partial charge is 0.165 e. The number of benzene rings is 2. The Morgan fingerprint density at radius 3 is 2.55 bits per heavy atom. The van der Waals surface area contributed by atoms with Crippen LogP contribution in [0.1, 0.15) is 34.1 Å². The topological polar surface area (TPSA) is 9.23 Å². The van der Waals surface area contributed by atoms with Gasteiger partial charge in [-0.1, -0.05) is 24.3 Å². The fourth-order valence-electron chi connectivity index (χ4n) is 2.78. The molecule has 0 fully saturated rings. The van der Waals surface area contributed by atoms with Crippen molar-refractivity contribution in [3.8, 4) is 5.75 Å². The van der Waals surface area contributed by atoms with E-state index < -0.39 is 0 Å². The molecule has 104 valence electrons. The van der Waals surface area contributed by atoms with E-state index in [4.69, 9.17) is 16.3 Å². The van der Waals surface area contributed by atoms with Crippen LogP contribution in [-0.2, 0) is 12.8 Å². The molecule has 20 heavy (non-hydrogen) atoms. The molecule has 1 aliphatic carbocycles. The Balaban J connectivity index is 1.94. The fraction of sp³-hybridized carbons (Fsp3) is 0.294. The Kier molecular flexibility index (Phi) is 3.66. The van der Waals surface area contributed by atoms with E-state index in [0.717, 1.165) is 24.0 Å². The molecule has 0 aliphatic heterocycles. The Hall–Kier alpha value is -1.54. The normalized spacial score (nSPS) is 14.9. The van der Waals surface area contributed by atoms with Crippen molar-refractivity contribution < 1.29 is 9.13 Å². The predicted octanol–water partition coefficient (Wildman–Crippen LogP) is 4.65. The molecule has 1 unspecified atom stereocenters. The molecule has 0 amide bonds. The number of aryl methyl sites for hydroxylation is 2. The molecule has 0 aromatic heterocycles. The predicted molar refractivity (Wildman–Crippen MR) is 79.1 cm³/mol. The van der Waals surface area contributed by atoms with Gasteiger partial charge in [0, 0.05) is 0 Å². The standard InChI is InChI=1S/C17H16ClFO/c1-20-16-10-14(7-8-15(16)19)17(18)13-6-5-11-3-2-4-12(11)9-13/h5-10,17H,2-4H2,1H3. The van der Waals surface area contributed by atoms with Crippen molar-refractivity contribution in [2.75, 3.05) is 7.11 Å². The molecule has 0 saturated heterocycles. The molecule has 1 nitrogen and oxygen atoms in total. The summed E-state index contributed by atoms with van der Waals surface area (Å²) in [5, 5.41) is -0.282. The SMILES string of the molecule is COc1cc(C(Cl)c2ccc3c(c2)CCC3)ccc1F. The van der Waals surface area contributed by atoms with E-state index in [2.05, 4.69) is 18.2 Å². The van der Waals surface area contributed by atoms with Crippen LogP contribution in [0.3, 0.4) is 0 Å². The van der Waals surface area contributed by atoms with Crippen LogP contribution in [-0.4, -0.2) is 7.11 Å². The molecule has 0 N–H and O–H groups in total. The second-order valence-electron chi connectivity index (χ2n) is 5.14. The van der Waals surface area contributed by atoms with Gasteiger partial charge in [-0.25, -0.2) is 4.39 Å². The maximum absolute atomic E-state index is 13.4. The number of rotatable bonds is 3. The number of halogens is 2. The van der Waals surface area contributed by atoms with Gasteiger partial charge < -0.3 is 4.74 Å². The summed E-state index contributed by atoms with van der Waals surface area (Å²) in [6.07, 6.45) is 3.50. The second kappa shape index (κ2) is 5.45. The Bertz CT molecular complexity index is 628. The van der Waals surface area contributed by atoms with Gasteiger partial charge in [-0.15, -0.1) is 11.6 Å². The highest BCUT2D eigenvalue weighted by atomic mass is 35.5. The summed E-state index contributed by atoms with van der Waals surface area (Å²) < 4.78 is 18.5. The molecule has 1 atom stereocenters. The summed E-state index contributed by atoms with van der Waals surface area (Å²) in [6.45, 7) is 0. The Morgan fingerprint density at radius 1 is 1.05 bits per heavy atom. The molecule has 1 aliphatic rings. The van der Waals surface area contributed by atoms with Gasteiger partial charge in [0.15, 0.2) is 11.6 Å². The molecular weight excluding hydrogens is 275 g/mol. The van der Waals surface area contributed by atoms with Gasteiger partial charge in [-0.05, 0) is 53.6 Å². The molecule has 3 heteroatoms. The van der Waals surface area contributed by atoms with E-state index in [0.29, 0.717) is 0 Å². The zero-order valence-corrected chi connectivity index (χ0v) is 12.1. The summed E-state index contributed by atoms with van der Waals surface area (Å²) in [4.78, 5) is 0. The minimum absolute atomic E-state index is 0.231. The van der Waals surface area contributed by atoms with Crippen LogP contribution in [0, 0.1) is 5.82 Å². The van der Waals surface area contributed by atoms with Crippen LogP contribution in [0.2, 0.25) is 0 Å². The summed E-state index contributed by atoms with van der Waals surface area (Å²) in [5.74, 6) is -0.136. The molecule has 0 saturated carbocycles. The van der Waals surface area contributed by atoms with Gasteiger partial charge in [0.25, 0.3) is 0 Å². The van der Waals surface area contributed by atoms with E-state index in [1.54, 1.807) is 12.1 Å². The summed E-state index contributed by atoms with van der Waals surface area (Å²) in [5.41, 5.74) is 4.72. The minimum atomic E-state index is -0.367. The van der Waals surface area contributed by atoms with Crippen LogP contribution in [0.4, 0.5) is 4.39 Å². The van der Waals surface area contributed by atoms with Crippen molar-refractivity contribution in [1.82, 2.24) is 0 Å². The molecular formula is C17H16ClFO. The highest BCUT2D eigenvalue weighted by Gasteiger charge is 2.17. The van der Waals surface area contributed by atoms with E-state index in [1.165, 1.54) is 30.7 Å². The lowest BCUT2D eigenvalue weighted by molar-refractivity contribution is 0.386. The second-order valence-corrected chi connectivity index (χ2v) is 5.57. The molecule has 2 aromatic carbocycles. The highest BCUT2D eigenvalue weighted by Crippen LogP contribution is 2.34. The van der Waals surface area contributed by atoms with Gasteiger partial charge in [0.2, 0.25) is 0 Å². The quantitative estimate of drug-likeness (QED) is 0.748. The monoisotopic (exact) mass is 290 g/mol. The van der Waals surface area contributed by atoms with E-state index >= 15 is 0 Å². The lowest BCUT2D eigenvalue weighted by Gasteiger charge is -2.13. The third-order valence-corrected chi connectivity index (χ3v) is 4.39. The van der Waals surface area contributed by atoms with Crippen molar-refractivity contribution in [3.63, 3.8) is 0 Å². The third-order valence-electron chi connectivity index (χ3n) is 3.88. The first-order chi connectivity index (χ1) is 9.69. The van der Waals surface area contributed by atoms with Gasteiger partial charge in [0.1, 0.15) is 0 Å². The molecule has 3 rings (SSSR count). The maximum atomic E-state index is 13.4. The van der Waals surface area contributed by atoms with E-state index in [9.17, 15) is 4.39 Å². The first kappa shape index (κ1) is 13.4. The van der Waals surface area contributed by atoms with Crippen LogP contribution in [0.5, 0.6) is 5.75 Å². The zero-order chi connectivity index (χ0) is 14.1. The van der Waals surface area contributed by atoms with Gasteiger partial charge >= 0.3 is 0 Å². The summed E-state index contributed by atoms with van der Waals surface area (Å²) in [7, 11) is 1.46. The van der Waals surface area contributed by atoms with Crippen LogP contribution < -0.4 is 4.74 Å². The van der Waals surface area contributed by atoms with E-state index in [-0.39, 0.29) is 16.9 Å². The fourth-order valence-corrected chi connectivity index (χ4v) is 3.05. The van der Waals surface area contributed by atoms with Crippen LogP contribution in [0.15, 0.2) is 36.4 Å². The maximum Gasteiger partial charge on any atom is 0.165 e. The van der Waals surface area contributed by atoms with Crippen molar-refractivity contribution in [2.45, 2.75) is 24.6 Å². The van der Waals surface area contributed by atoms with Crippen molar-refractivity contribution in [2.24, 2.45) is 0 Å². The van der Waals surface area contributed by atoms with Crippen molar-refractivity contribution in [1.29, 1.82) is 0 Å². The number of hydrogen-bond donors (Lipinski definition) is 0. The van der Waals surface area contributed by atoms with Gasteiger partial charge in [0.05, 0.1) is 12.5 Å². The lowest BCUT2D eigenvalue weighted by Crippen LogP contribution is -1.97. The highest BCUT2D eigenvalue weighted by molar-refractivity contribution is 6.22. The first-order valence-electron chi connectivity index (χ1n) is 6.78. The molecule has 0 spiro atoms.